The van der Waals surface area contributed by atoms with E-state index in [2.05, 4.69) is 15.2 Å². The summed E-state index contributed by atoms with van der Waals surface area (Å²) in [4.78, 5) is 7.29. The second-order valence-corrected chi connectivity index (χ2v) is 7.55. The second kappa shape index (κ2) is 8.73. The van der Waals surface area contributed by atoms with Crippen molar-refractivity contribution < 1.29 is 9.47 Å². The van der Waals surface area contributed by atoms with Gasteiger partial charge in [0.1, 0.15) is 5.75 Å². The van der Waals surface area contributed by atoms with Gasteiger partial charge in [-0.25, -0.2) is 0 Å². The van der Waals surface area contributed by atoms with Crippen molar-refractivity contribution in [3.05, 3.63) is 24.3 Å². The van der Waals surface area contributed by atoms with E-state index >= 15 is 0 Å². The highest BCUT2D eigenvalue weighted by molar-refractivity contribution is 5.92. The lowest BCUT2D eigenvalue weighted by Crippen LogP contribution is -2.53. The zero-order valence-corrected chi connectivity index (χ0v) is 16.0. The molecule has 1 aromatic rings. The van der Waals surface area contributed by atoms with Crippen LogP contribution in [0.2, 0.25) is 0 Å². The number of nitrogens with one attached hydrogen (secondary N) is 1. The summed E-state index contributed by atoms with van der Waals surface area (Å²) in [6.07, 6.45) is 4.80. The highest BCUT2D eigenvalue weighted by Crippen LogP contribution is 2.31. The van der Waals surface area contributed by atoms with E-state index in [1.54, 1.807) is 0 Å². The van der Waals surface area contributed by atoms with E-state index < -0.39 is 0 Å². The van der Waals surface area contributed by atoms with Gasteiger partial charge in [0.15, 0.2) is 5.96 Å². The number of hydrogen-bond donors (Lipinski definition) is 2. The maximum Gasteiger partial charge on any atom is 0.193 e. The number of nitrogens with two attached hydrogens (primary N) is 1. The Morgan fingerprint density at radius 3 is 2.50 bits per heavy atom. The molecule has 0 radical (unpaired) electrons. The van der Waals surface area contributed by atoms with Crippen molar-refractivity contribution >= 4 is 11.6 Å². The van der Waals surface area contributed by atoms with E-state index in [4.69, 9.17) is 15.2 Å². The molecule has 0 bridgehead atoms. The predicted molar refractivity (Wildman–Crippen MR) is 106 cm³/mol. The van der Waals surface area contributed by atoms with Gasteiger partial charge < -0.3 is 20.5 Å². The van der Waals surface area contributed by atoms with Crippen LogP contribution in [-0.4, -0.2) is 55.4 Å². The number of hydrogen-bond acceptors (Lipinski definition) is 4. The molecular formula is C20H32N4O2. The number of nitrogens with zero attached hydrogens (tertiary/aromatic N) is 2. The minimum Gasteiger partial charge on any atom is -0.491 e. The van der Waals surface area contributed by atoms with Crippen molar-refractivity contribution in [1.29, 1.82) is 0 Å². The molecule has 3 N–H and O–H groups in total. The van der Waals surface area contributed by atoms with Gasteiger partial charge in [-0.1, -0.05) is 0 Å². The van der Waals surface area contributed by atoms with Crippen LogP contribution in [0, 0.1) is 0 Å². The maximum absolute atomic E-state index is 6.16. The number of benzene rings is 1. The molecule has 2 aliphatic rings. The third kappa shape index (κ3) is 4.89. The van der Waals surface area contributed by atoms with Gasteiger partial charge in [0.25, 0.3) is 0 Å². The van der Waals surface area contributed by atoms with E-state index in [0.29, 0.717) is 5.96 Å². The molecule has 2 saturated heterocycles. The summed E-state index contributed by atoms with van der Waals surface area (Å²) in [5.74, 6) is 1.32. The van der Waals surface area contributed by atoms with Crippen LogP contribution >= 0.6 is 0 Å². The van der Waals surface area contributed by atoms with Crippen molar-refractivity contribution in [2.45, 2.75) is 51.2 Å². The van der Waals surface area contributed by atoms with Crippen molar-refractivity contribution in [3.8, 4) is 5.75 Å². The topological polar surface area (TPSA) is 72.1 Å². The van der Waals surface area contributed by atoms with Crippen LogP contribution in [0.5, 0.6) is 5.75 Å². The summed E-state index contributed by atoms with van der Waals surface area (Å²) in [6, 6.07) is 7.81. The fourth-order valence-corrected chi connectivity index (χ4v) is 3.83. The van der Waals surface area contributed by atoms with Crippen LogP contribution in [0.4, 0.5) is 5.69 Å². The lowest BCUT2D eigenvalue weighted by molar-refractivity contribution is -0.0138. The third-order valence-corrected chi connectivity index (χ3v) is 5.24. The molecule has 0 amide bonds. The fourth-order valence-electron chi connectivity index (χ4n) is 3.83. The highest BCUT2D eigenvalue weighted by atomic mass is 16.5. The Hall–Kier alpha value is -1.79. The van der Waals surface area contributed by atoms with Gasteiger partial charge in [0, 0.05) is 24.4 Å². The van der Waals surface area contributed by atoms with Gasteiger partial charge >= 0.3 is 0 Å². The van der Waals surface area contributed by atoms with E-state index in [9.17, 15) is 0 Å². The first-order chi connectivity index (χ1) is 12.6. The average Bonchev–Trinajstić information content (AvgIpc) is 3.17. The van der Waals surface area contributed by atoms with E-state index in [-0.39, 0.29) is 11.6 Å². The minimum absolute atomic E-state index is 0.107. The van der Waals surface area contributed by atoms with Crippen LogP contribution in [-0.2, 0) is 4.74 Å². The fraction of sp³-hybridized carbons (Fsp3) is 0.650. The van der Waals surface area contributed by atoms with Crippen molar-refractivity contribution in [3.63, 3.8) is 0 Å². The molecule has 0 aliphatic carbocycles. The summed E-state index contributed by atoms with van der Waals surface area (Å²) >= 11 is 0. The number of aliphatic imine (C=N–C) groups is 1. The Morgan fingerprint density at radius 1 is 1.23 bits per heavy atom. The molecule has 1 aromatic carbocycles. The summed E-state index contributed by atoms with van der Waals surface area (Å²) in [6.45, 7) is 8.73. The molecule has 3 rings (SSSR count). The number of rotatable bonds is 6. The van der Waals surface area contributed by atoms with Gasteiger partial charge in [-0.05, 0) is 76.9 Å². The van der Waals surface area contributed by atoms with Crippen LogP contribution < -0.4 is 15.8 Å². The predicted octanol–water partition coefficient (Wildman–Crippen LogP) is 2.85. The molecular weight excluding hydrogens is 328 g/mol. The Bertz CT molecular complexity index is 588. The molecule has 2 fully saturated rings. The summed E-state index contributed by atoms with van der Waals surface area (Å²) in [5.41, 5.74) is 7.19. The van der Waals surface area contributed by atoms with Gasteiger partial charge in [-0.2, -0.15) is 0 Å². The van der Waals surface area contributed by atoms with E-state index in [0.717, 1.165) is 44.0 Å². The van der Waals surface area contributed by atoms with Crippen molar-refractivity contribution in [2.75, 3.05) is 38.2 Å². The number of anilines is 1. The summed E-state index contributed by atoms with van der Waals surface area (Å²) in [5, 5.41) is 3.19. The molecule has 0 unspecified atom stereocenters. The number of likely N-dealkylation sites (tertiary alicyclic amines) is 1. The number of guanidine groups is 1. The van der Waals surface area contributed by atoms with Gasteiger partial charge in [-0.15, -0.1) is 0 Å². The summed E-state index contributed by atoms with van der Waals surface area (Å²) in [7, 11) is 0. The molecule has 0 saturated carbocycles. The van der Waals surface area contributed by atoms with Gasteiger partial charge in [0.05, 0.1) is 12.6 Å². The van der Waals surface area contributed by atoms with Crippen LogP contribution in [0.3, 0.4) is 0 Å². The van der Waals surface area contributed by atoms with Crippen LogP contribution in [0.1, 0.15) is 39.5 Å². The molecule has 144 valence electrons. The van der Waals surface area contributed by atoms with Gasteiger partial charge in [-0.3, -0.25) is 9.89 Å². The SMILES string of the molecule is CC(C)Oc1ccc(NC(N)=NCC2(N3CCCC3)CCOCC2)cc1. The molecule has 0 spiro atoms. The minimum atomic E-state index is 0.107. The first-order valence-electron chi connectivity index (χ1n) is 9.74. The van der Waals surface area contributed by atoms with E-state index in [1.807, 2.05) is 38.1 Å². The zero-order chi connectivity index (χ0) is 18.4. The molecule has 0 aromatic heterocycles. The van der Waals surface area contributed by atoms with E-state index in [1.165, 1.54) is 25.9 Å². The largest absolute Gasteiger partial charge is 0.491 e. The monoisotopic (exact) mass is 360 g/mol. The first-order valence-corrected chi connectivity index (χ1v) is 9.74. The van der Waals surface area contributed by atoms with Crippen molar-refractivity contribution in [1.82, 2.24) is 4.90 Å². The Morgan fingerprint density at radius 2 is 1.88 bits per heavy atom. The Labute approximate surface area is 156 Å². The van der Waals surface area contributed by atoms with Crippen LogP contribution in [0.25, 0.3) is 0 Å². The standard InChI is InChI=1S/C20H32N4O2/c1-16(2)26-18-7-5-17(6-8-18)23-19(21)22-15-20(9-13-25-14-10-20)24-11-3-4-12-24/h5-8,16H,3-4,9-15H2,1-2H3,(H3,21,22,23). The van der Waals surface area contributed by atoms with Crippen molar-refractivity contribution in [2.24, 2.45) is 10.7 Å². The molecule has 2 aliphatic heterocycles. The maximum atomic E-state index is 6.16. The second-order valence-electron chi connectivity index (χ2n) is 7.55. The molecule has 6 nitrogen and oxygen atoms in total. The molecule has 2 heterocycles. The number of ether oxygens (including phenoxy) is 2. The average molecular weight is 361 g/mol. The first kappa shape index (κ1) is 19.0. The molecule has 6 heteroatoms. The summed E-state index contributed by atoms with van der Waals surface area (Å²) < 4.78 is 11.3. The van der Waals surface area contributed by atoms with Gasteiger partial charge in [0.2, 0.25) is 0 Å². The lowest BCUT2D eigenvalue weighted by Gasteiger charge is -2.43. The lowest BCUT2D eigenvalue weighted by atomic mass is 9.88. The molecule has 0 atom stereocenters. The Balaban J connectivity index is 1.60. The van der Waals surface area contributed by atoms with Crippen LogP contribution in [0.15, 0.2) is 29.3 Å². The zero-order valence-electron chi connectivity index (χ0n) is 16.0. The smallest absolute Gasteiger partial charge is 0.193 e. The highest BCUT2D eigenvalue weighted by Gasteiger charge is 2.39. The quantitative estimate of drug-likeness (QED) is 0.603. The molecule has 26 heavy (non-hydrogen) atoms. The normalized spacial score (nSPS) is 21.1. The Kier molecular flexibility index (Phi) is 6.38. The third-order valence-electron chi connectivity index (χ3n) is 5.24.